The van der Waals surface area contributed by atoms with Gasteiger partial charge in [0, 0.05) is 25.2 Å². The molecule has 1 unspecified atom stereocenters. The molecule has 0 radical (unpaired) electrons. The van der Waals surface area contributed by atoms with E-state index in [-0.39, 0.29) is 17.1 Å². The summed E-state index contributed by atoms with van der Waals surface area (Å²) in [6.07, 6.45) is 3.03. The Morgan fingerprint density at radius 3 is 2.26 bits per heavy atom. The third-order valence-electron chi connectivity index (χ3n) is 7.27. The smallest absolute Gasteiger partial charge is 0.327 e. The summed E-state index contributed by atoms with van der Waals surface area (Å²) in [6, 6.07) is 19.1. The summed E-state index contributed by atoms with van der Waals surface area (Å²) in [7, 11) is -4.16. The number of carboxylic acids is 1. The molecule has 198 valence electrons. The van der Waals surface area contributed by atoms with Crippen molar-refractivity contribution in [2.45, 2.75) is 49.5 Å². The van der Waals surface area contributed by atoms with Gasteiger partial charge in [-0.15, -0.1) is 0 Å². The lowest BCUT2D eigenvalue weighted by molar-refractivity contribution is -0.138. The van der Waals surface area contributed by atoms with Crippen molar-refractivity contribution in [3.8, 4) is 5.75 Å². The van der Waals surface area contributed by atoms with Gasteiger partial charge in [-0.2, -0.15) is 0 Å². The van der Waals surface area contributed by atoms with Gasteiger partial charge in [-0.3, -0.25) is 9.10 Å². The van der Waals surface area contributed by atoms with Gasteiger partial charge in [-0.25, -0.2) is 13.2 Å². The third-order valence-corrected chi connectivity index (χ3v) is 9.11. The molecule has 3 aromatic carbocycles. The monoisotopic (exact) mass is 534 g/mol. The number of hydrogen-bond acceptors (Lipinski definition) is 6. The highest BCUT2D eigenvalue weighted by Crippen LogP contribution is 2.37. The second kappa shape index (κ2) is 10.5. The summed E-state index contributed by atoms with van der Waals surface area (Å²) in [5, 5.41) is 9.68. The summed E-state index contributed by atoms with van der Waals surface area (Å²) in [6.45, 7) is 4.01. The fraction of sp³-hybridized carbons (Fsp3) is 0.310. The molecule has 2 atom stereocenters. The summed E-state index contributed by atoms with van der Waals surface area (Å²) in [4.78, 5) is 27.1. The Morgan fingerprint density at radius 1 is 0.974 bits per heavy atom. The molecular weight excluding hydrogens is 504 g/mol. The van der Waals surface area contributed by atoms with E-state index in [2.05, 4.69) is 4.90 Å². The molecule has 0 bridgehead atoms. The number of aliphatic carboxylic acids is 1. The van der Waals surface area contributed by atoms with Crippen LogP contribution in [0.1, 0.15) is 43.2 Å². The lowest BCUT2D eigenvalue weighted by atomic mass is 9.96. The van der Waals surface area contributed by atoms with Gasteiger partial charge in [0.05, 0.1) is 16.5 Å². The summed E-state index contributed by atoms with van der Waals surface area (Å²) < 4.78 is 33.5. The van der Waals surface area contributed by atoms with E-state index >= 15 is 0 Å². The summed E-state index contributed by atoms with van der Waals surface area (Å²) in [5.74, 6) is -1.87. The number of para-hydroxylation sites is 1. The molecule has 9 heteroatoms. The average molecular weight is 535 g/mol. The average Bonchev–Trinajstić information content (AvgIpc) is 3.59. The minimum Gasteiger partial charge on any atom is -0.480 e. The molecule has 3 aromatic rings. The Balaban J connectivity index is 1.31. The molecule has 0 amide bonds. The van der Waals surface area contributed by atoms with E-state index in [1.54, 1.807) is 24.3 Å². The molecule has 0 aliphatic carbocycles. The predicted octanol–water partition coefficient (Wildman–Crippen LogP) is 4.59. The highest BCUT2D eigenvalue weighted by atomic mass is 32.2. The van der Waals surface area contributed by atoms with Crippen LogP contribution in [-0.2, 0) is 26.0 Å². The molecule has 38 heavy (non-hydrogen) atoms. The van der Waals surface area contributed by atoms with Crippen LogP contribution in [0.25, 0.3) is 0 Å². The number of sulfonamides is 1. The first-order chi connectivity index (χ1) is 18.3. The number of carbonyl (C=O) groups excluding carboxylic acids is 1. The number of rotatable bonds is 8. The quantitative estimate of drug-likeness (QED) is 0.333. The summed E-state index contributed by atoms with van der Waals surface area (Å²) >= 11 is 0. The van der Waals surface area contributed by atoms with Crippen molar-refractivity contribution in [1.82, 2.24) is 0 Å². The first kappa shape index (κ1) is 25.8. The maximum atomic E-state index is 13.5. The molecular formula is C29H30N2O6S. The molecule has 2 heterocycles. The van der Waals surface area contributed by atoms with Crippen LogP contribution < -0.4 is 13.9 Å². The van der Waals surface area contributed by atoms with Crippen molar-refractivity contribution in [1.29, 1.82) is 0 Å². The Morgan fingerprint density at radius 2 is 1.63 bits per heavy atom. The van der Waals surface area contributed by atoms with Gasteiger partial charge >= 0.3 is 11.9 Å². The Hall–Kier alpha value is -3.85. The van der Waals surface area contributed by atoms with E-state index in [0.717, 1.165) is 28.6 Å². The Kier molecular flexibility index (Phi) is 7.12. The number of benzene rings is 3. The number of anilines is 2. The van der Waals surface area contributed by atoms with Gasteiger partial charge in [0.15, 0.2) is 0 Å². The van der Waals surface area contributed by atoms with Crippen LogP contribution >= 0.6 is 0 Å². The summed E-state index contributed by atoms with van der Waals surface area (Å²) in [5.41, 5.74) is 3.04. The van der Waals surface area contributed by atoms with Gasteiger partial charge in [0.2, 0.25) is 0 Å². The zero-order valence-electron chi connectivity index (χ0n) is 21.1. The van der Waals surface area contributed by atoms with Gasteiger partial charge in [0.25, 0.3) is 10.0 Å². The largest absolute Gasteiger partial charge is 0.480 e. The minimum absolute atomic E-state index is 0.0789. The lowest BCUT2D eigenvalue weighted by Gasteiger charge is -2.24. The number of carbonyl (C=O) groups is 2. The number of ether oxygens (including phenoxy) is 1. The molecule has 1 N–H and O–H groups in total. The second-order valence-corrected chi connectivity index (χ2v) is 11.4. The first-order valence-electron chi connectivity index (χ1n) is 12.8. The molecule has 0 spiro atoms. The fourth-order valence-electron chi connectivity index (χ4n) is 5.25. The van der Waals surface area contributed by atoms with Crippen LogP contribution in [0, 0.1) is 0 Å². The highest BCUT2D eigenvalue weighted by Gasteiger charge is 2.42. The SMILES string of the molecule is CC[C@H](C(=O)Oc1ccc(S(=O)(=O)N2c3ccccc3CC2C(=O)O)cc1)c1ccc(N2CCCC2)cc1. The number of esters is 1. The zero-order valence-corrected chi connectivity index (χ0v) is 21.9. The topological polar surface area (TPSA) is 104 Å². The van der Waals surface area contributed by atoms with Crippen LogP contribution in [0.2, 0.25) is 0 Å². The van der Waals surface area contributed by atoms with Gasteiger partial charge in [0.1, 0.15) is 11.8 Å². The minimum atomic E-state index is -4.16. The maximum Gasteiger partial charge on any atom is 0.327 e. The zero-order chi connectivity index (χ0) is 26.9. The fourth-order valence-corrected chi connectivity index (χ4v) is 6.90. The van der Waals surface area contributed by atoms with Crippen molar-refractivity contribution in [3.05, 3.63) is 83.9 Å². The van der Waals surface area contributed by atoms with Crippen LogP contribution in [0.3, 0.4) is 0 Å². The van der Waals surface area contributed by atoms with E-state index in [1.807, 2.05) is 31.2 Å². The number of hydrogen-bond donors (Lipinski definition) is 1. The third kappa shape index (κ3) is 4.86. The van der Waals surface area contributed by atoms with E-state index in [1.165, 1.54) is 37.1 Å². The van der Waals surface area contributed by atoms with Crippen LogP contribution in [0.15, 0.2) is 77.7 Å². The first-order valence-corrected chi connectivity index (χ1v) is 14.3. The molecule has 2 aliphatic heterocycles. The van der Waals surface area contributed by atoms with Crippen LogP contribution in [0.5, 0.6) is 5.75 Å². The molecule has 5 rings (SSSR count). The number of fused-ring (bicyclic) bond motifs is 1. The van der Waals surface area contributed by atoms with Gasteiger partial charge in [-0.1, -0.05) is 37.3 Å². The predicted molar refractivity (Wildman–Crippen MR) is 144 cm³/mol. The second-order valence-electron chi connectivity index (χ2n) is 9.63. The van der Waals surface area contributed by atoms with Crippen LogP contribution in [-0.4, -0.2) is 44.6 Å². The normalized spacial score (nSPS) is 17.8. The van der Waals surface area contributed by atoms with Gasteiger partial charge < -0.3 is 14.7 Å². The molecule has 0 saturated carbocycles. The van der Waals surface area contributed by atoms with E-state index in [4.69, 9.17) is 4.74 Å². The van der Waals surface area contributed by atoms with Crippen molar-refractivity contribution in [2.24, 2.45) is 0 Å². The highest BCUT2D eigenvalue weighted by molar-refractivity contribution is 7.93. The van der Waals surface area contributed by atoms with E-state index in [9.17, 15) is 23.1 Å². The molecule has 1 fully saturated rings. The lowest BCUT2D eigenvalue weighted by Crippen LogP contribution is -2.42. The molecule has 2 aliphatic rings. The van der Waals surface area contributed by atoms with E-state index in [0.29, 0.717) is 17.7 Å². The van der Waals surface area contributed by atoms with E-state index < -0.39 is 33.9 Å². The number of carboxylic acid groups (broad SMARTS) is 1. The van der Waals surface area contributed by atoms with Crippen LogP contribution in [0.4, 0.5) is 11.4 Å². The van der Waals surface area contributed by atoms with Crippen molar-refractivity contribution < 1.29 is 27.9 Å². The molecule has 1 saturated heterocycles. The van der Waals surface area contributed by atoms with Crippen molar-refractivity contribution in [2.75, 3.05) is 22.3 Å². The van der Waals surface area contributed by atoms with Gasteiger partial charge in [-0.05, 0) is 72.9 Å². The standard InChI is InChI=1S/C29H30N2O6S/c1-2-25(20-9-11-22(12-10-20)30-17-5-6-18-30)29(34)37-23-13-15-24(16-14-23)38(35,36)31-26-8-4-3-7-21(26)19-27(31)28(32)33/h3-4,7-16,25,27H,2,5-6,17-19H2,1H3,(H,32,33)/t25-,27?/m0/s1. The molecule has 0 aromatic heterocycles. The van der Waals surface area contributed by atoms with Crippen molar-refractivity contribution >= 4 is 33.3 Å². The maximum absolute atomic E-state index is 13.5. The van der Waals surface area contributed by atoms with Crippen molar-refractivity contribution in [3.63, 3.8) is 0 Å². The Bertz CT molecular complexity index is 1430. The number of nitrogens with zero attached hydrogens (tertiary/aromatic N) is 2. The molecule has 8 nitrogen and oxygen atoms in total. The Labute approximate surface area is 222 Å².